The molecule has 3 unspecified atom stereocenters. The molecule has 0 aromatic rings. The standard InChI is InChI=1S/C15H30N2O/c1-3-15(2)12-14(8-11-18-15)17-10-5-4-6-13(17)7-9-16/h13-14H,3-12,16H2,1-2H3. The van der Waals surface area contributed by atoms with Crippen LogP contribution in [0.3, 0.4) is 0 Å². The molecule has 2 rings (SSSR count). The Morgan fingerprint density at radius 3 is 2.89 bits per heavy atom. The Hall–Kier alpha value is -0.120. The number of hydrogen-bond acceptors (Lipinski definition) is 3. The van der Waals surface area contributed by atoms with Gasteiger partial charge in [0.15, 0.2) is 0 Å². The van der Waals surface area contributed by atoms with Crippen LogP contribution in [0.2, 0.25) is 0 Å². The molecule has 3 heteroatoms. The molecule has 18 heavy (non-hydrogen) atoms. The monoisotopic (exact) mass is 254 g/mol. The van der Waals surface area contributed by atoms with Crippen LogP contribution in [-0.2, 0) is 4.74 Å². The molecular formula is C15H30N2O. The Balaban J connectivity index is 1.99. The average molecular weight is 254 g/mol. The van der Waals surface area contributed by atoms with E-state index in [0.717, 1.165) is 31.7 Å². The first kappa shape index (κ1) is 14.3. The summed E-state index contributed by atoms with van der Waals surface area (Å²) < 4.78 is 5.98. The highest BCUT2D eigenvalue weighted by Crippen LogP contribution is 2.33. The van der Waals surface area contributed by atoms with Crippen LogP contribution in [-0.4, -0.2) is 42.3 Å². The molecule has 2 heterocycles. The SMILES string of the molecule is CCC1(C)CC(N2CCCCC2CCN)CCO1. The van der Waals surface area contributed by atoms with E-state index in [1.165, 1.54) is 45.1 Å². The molecule has 0 saturated carbocycles. The van der Waals surface area contributed by atoms with Gasteiger partial charge in [0.25, 0.3) is 0 Å². The lowest BCUT2D eigenvalue weighted by atomic mass is 9.86. The molecule has 0 amide bonds. The maximum Gasteiger partial charge on any atom is 0.0666 e. The van der Waals surface area contributed by atoms with Crippen molar-refractivity contribution in [2.45, 2.75) is 76.5 Å². The Morgan fingerprint density at radius 2 is 2.17 bits per heavy atom. The van der Waals surface area contributed by atoms with E-state index in [1.54, 1.807) is 0 Å². The molecule has 0 radical (unpaired) electrons. The number of rotatable bonds is 4. The van der Waals surface area contributed by atoms with Crippen molar-refractivity contribution >= 4 is 0 Å². The van der Waals surface area contributed by atoms with Crippen LogP contribution in [0.4, 0.5) is 0 Å². The largest absolute Gasteiger partial charge is 0.375 e. The van der Waals surface area contributed by atoms with E-state index in [-0.39, 0.29) is 5.60 Å². The molecular weight excluding hydrogens is 224 g/mol. The topological polar surface area (TPSA) is 38.5 Å². The Kier molecular flexibility index (Phi) is 5.05. The van der Waals surface area contributed by atoms with Gasteiger partial charge in [0.05, 0.1) is 5.60 Å². The summed E-state index contributed by atoms with van der Waals surface area (Å²) >= 11 is 0. The zero-order valence-electron chi connectivity index (χ0n) is 12.2. The summed E-state index contributed by atoms with van der Waals surface area (Å²) in [5, 5.41) is 0. The number of nitrogens with zero attached hydrogens (tertiary/aromatic N) is 1. The van der Waals surface area contributed by atoms with E-state index in [9.17, 15) is 0 Å². The van der Waals surface area contributed by atoms with Crippen molar-refractivity contribution < 1.29 is 4.74 Å². The van der Waals surface area contributed by atoms with E-state index in [2.05, 4.69) is 18.7 Å². The van der Waals surface area contributed by atoms with Gasteiger partial charge in [-0.3, -0.25) is 4.90 Å². The van der Waals surface area contributed by atoms with Crippen molar-refractivity contribution in [1.29, 1.82) is 0 Å². The van der Waals surface area contributed by atoms with Crippen LogP contribution in [0.1, 0.15) is 58.8 Å². The van der Waals surface area contributed by atoms with Gasteiger partial charge in [0.1, 0.15) is 0 Å². The minimum Gasteiger partial charge on any atom is -0.375 e. The second-order valence-electron chi connectivity index (χ2n) is 6.26. The van der Waals surface area contributed by atoms with Crippen LogP contribution < -0.4 is 5.73 Å². The third kappa shape index (κ3) is 3.25. The lowest BCUT2D eigenvalue weighted by Crippen LogP contribution is -2.52. The average Bonchev–Trinajstić information content (AvgIpc) is 2.40. The second kappa shape index (κ2) is 6.36. The lowest BCUT2D eigenvalue weighted by molar-refractivity contribution is -0.105. The summed E-state index contributed by atoms with van der Waals surface area (Å²) in [5.41, 5.74) is 5.88. The molecule has 3 atom stereocenters. The highest BCUT2D eigenvalue weighted by atomic mass is 16.5. The first-order valence-corrected chi connectivity index (χ1v) is 7.78. The number of likely N-dealkylation sites (tertiary alicyclic amines) is 1. The summed E-state index contributed by atoms with van der Waals surface area (Å²) in [7, 11) is 0. The van der Waals surface area contributed by atoms with Gasteiger partial charge in [0, 0.05) is 18.7 Å². The van der Waals surface area contributed by atoms with Gasteiger partial charge in [-0.2, -0.15) is 0 Å². The molecule has 0 aromatic carbocycles. The lowest BCUT2D eigenvalue weighted by Gasteiger charge is -2.47. The van der Waals surface area contributed by atoms with Gasteiger partial charge in [-0.25, -0.2) is 0 Å². The van der Waals surface area contributed by atoms with Crippen molar-refractivity contribution in [3.63, 3.8) is 0 Å². The second-order valence-corrected chi connectivity index (χ2v) is 6.26. The summed E-state index contributed by atoms with van der Waals surface area (Å²) in [6.45, 7) is 7.56. The zero-order valence-corrected chi connectivity index (χ0v) is 12.2. The third-order valence-corrected chi connectivity index (χ3v) is 4.96. The van der Waals surface area contributed by atoms with E-state index in [0.29, 0.717) is 0 Å². The van der Waals surface area contributed by atoms with E-state index >= 15 is 0 Å². The molecule has 2 N–H and O–H groups in total. The summed E-state index contributed by atoms with van der Waals surface area (Å²) in [6, 6.07) is 1.45. The Bertz CT molecular complexity index is 257. The van der Waals surface area contributed by atoms with Crippen LogP contribution in [0.5, 0.6) is 0 Å². The number of ether oxygens (including phenoxy) is 1. The number of piperidine rings is 1. The molecule has 106 valence electrons. The highest BCUT2D eigenvalue weighted by Gasteiger charge is 2.37. The molecule has 0 spiro atoms. The summed E-state index contributed by atoms with van der Waals surface area (Å²) in [6.07, 6.45) is 8.79. The number of hydrogen-bond donors (Lipinski definition) is 1. The molecule has 2 aliphatic rings. The summed E-state index contributed by atoms with van der Waals surface area (Å²) in [5.74, 6) is 0. The van der Waals surface area contributed by atoms with Crippen molar-refractivity contribution in [2.24, 2.45) is 5.73 Å². The molecule has 3 nitrogen and oxygen atoms in total. The molecule has 2 aliphatic heterocycles. The molecule has 0 aromatic heterocycles. The Morgan fingerprint density at radius 1 is 1.33 bits per heavy atom. The minimum absolute atomic E-state index is 0.105. The highest BCUT2D eigenvalue weighted by molar-refractivity contribution is 4.91. The summed E-state index contributed by atoms with van der Waals surface area (Å²) in [4.78, 5) is 2.76. The fraction of sp³-hybridized carbons (Fsp3) is 1.00. The van der Waals surface area contributed by atoms with Crippen molar-refractivity contribution in [1.82, 2.24) is 4.90 Å². The molecule has 0 bridgehead atoms. The smallest absolute Gasteiger partial charge is 0.0666 e. The zero-order chi connectivity index (χ0) is 13.0. The predicted octanol–water partition coefficient (Wildman–Crippen LogP) is 2.54. The van der Waals surface area contributed by atoms with Crippen LogP contribution in [0.15, 0.2) is 0 Å². The van der Waals surface area contributed by atoms with Gasteiger partial charge in [-0.05, 0) is 58.5 Å². The molecule has 2 saturated heterocycles. The first-order valence-electron chi connectivity index (χ1n) is 7.78. The molecule has 0 aliphatic carbocycles. The van der Waals surface area contributed by atoms with Gasteiger partial charge in [0.2, 0.25) is 0 Å². The predicted molar refractivity (Wildman–Crippen MR) is 75.7 cm³/mol. The minimum atomic E-state index is 0.105. The van der Waals surface area contributed by atoms with Crippen LogP contribution >= 0.6 is 0 Å². The van der Waals surface area contributed by atoms with Gasteiger partial charge in [-0.1, -0.05) is 13.3 Å². The maximum absolute atomic E-state index is 5.98. The maximum atomic E-state index is 5.98. The fourth-order valence-corrected chi connectivity index (χ4v) is 3.64. The van der Waals surface area contributed by atoms with Crippen LogP contribution in [0.25, 0.3) is 0 Å². The van der Waals surface area contributed by atoms with E-state index < -0.39 is 0 Å². The van der Waals surface area contributed by atoms with Gasteiger partial charge < -0.3 is 10.5 Å². The fourth-order valence-electron chi connectivity index (χ4n) is 3.64. The Labute approximate surface area is 112 Å². The number of nitrogens with two attached hydrogens (primary N) is 1. The van der Waals surface area contributed by atoms with E-state index in [4.69, 9.17) is 10.5 Å². The van der Waals surface area contributed by atoms with Crippen molar-refractivity contribution in [3.8, 4) is 0 Å². The van der Waals surface area contributed by atoms with Crippen LogP contribution in [0, 0.1) is 0 Å². The van der Waals surface area contributed by atoms with E-state index in [1.807, 2.05) is 0 Å². The normalized spacial score (nSPS) is 38.8. The van der Waals surface area contributed by atoms with Gasteiger partial charge in [-0.15, -0.1) is 0 Å². The quantitative estimate of drug-likeness (QED) is 0.838. The first-order chi connectivity index (χ1) is 8.68. The molecule has 2 fully saturated rings. The van der Waals surface area contributed by atoms with Crippen molar-refractivity contribution in [2.75, 3.05) is 19.7 Å². The van der Waals surface area contributed by atoms with Gasteiger partial charge >= 0.3 is 0 Å². The van der Waals surface area contributed by atoms with Crippen molar-refractivity contribution in [3.05, 3.63) is 0 Å². The third-order valence-electron chi connectivity index (χ3n) is 4.96.